The minimum absolute atomic E-state index is 0. The van der Waals surface area contributed by atoms with E-state index in [1.54, 1.807) is 0 Å². The maximum Gasteiger partial charge on any atom is 0.412 e. The number of halogens is 1. The summed E-state index contributed by atoms with van der Waals surface area (Å²) >= 11 is 0. The van der Waals surface area contributed by atoms with Gasteiger partial charge in [-0.05, 0) is 43.6 Å². The van der Waals surface area contributed by atoms with E-state index >= 15 is 0 Å². The Balaban J connectivity index is 0.00000243. The molecule has 1 amide bonds. The number of carbonyl (C=O) groups is 1. The summed E-state index contributed by atoms with van der Waals surface area (Å²) in [4.78, 5) is 14.8. The van der Waals surface area contributed by atoms with Crippen LogP contribution in [0.2, 0.25) is 0 Å². The second kappa shape index (κ2) is 10.8. The van der Waals surface area contributed by atoms with Gasteiger partial charge in [-0.1, -0.05) is 55.0 Å². The van der Waals surface area contributed by atoms with Gasteiger partial charge < -0.3 is 9.64 Å². The van der Waals surface area contributed by atoms with E-state index in [4.69, 9.17) is 4.74 Å². The van der Waals surface area contributed by atoms with Crippen molar-refractivity contribution >= 4 is 24.2 Å². The number of carbonyl (C=O) groups excluding carboxylic acids is 1. The smallest absolute Gasteiger partial charge is 0.412 e. The van der Waals surface area contributed by atoms with Crippen LogP contribution in [-0.4, -0.2) is 30.6 Å². The first-order chi connectivity index (χ1) is 12.3. The van der Waals surface area contributed by atoms with Crippen LogP contribution in [0.3, 0.4) is 0 Å². The molecule has 0 spiro atoms. The lowest BCUT2D eigenvalue weighted by atomic mass is 10.1. The zero-order chi connectivity index (χ0) is 17.3. The summed E-state index contributed by atoms with van der Waals surface area (Å²) in [5, 5.41) is 2.81. The molecule has 3 rings (SSSR count). The summed E-state index contributed by atoms with van der Waals surface area (Å²) in [6.45, 7) is 3.26. The first-order valence-corrected chi connectivity index (χ1v) is 9.11. The van der Waals surface area contributed by atoms with E-state index in [0.717, 1.165) is 37.3 Å². The fraction of sp³-hybridized carbons (Fsp3) is 0.381. The van der Waals surface area contributed by atoms with Crippen molar-refractivity contribution in [3.05, 3.63) is 66.2 Å². The number of nitrogens with one attached hydrogen (secondary N) is 1. The molecule has 1 heterocycles. The quantitative estimate of drug-likeness (QED) is 0.748. The van der Waals surface area contributed by atoms with Gasteiger partial charge in [0.2, 0.25) is 0 Å². The topological polar surface area (TPSA) is 41.6 Å². The highest BCUT2D eigenvalue weighted by atomic mass is 35.5. The minimum atomic E-state index is -0.404. The molecule has 0 aliphatic carbocycles. The van der Waals surface area contributed by atoms with Crippen molar-refractivity contribution in [1.29, 1.82) is 0 Å². The lowest BCUT2D eigenvalue weighted by Crippen LogP contribution is -2.32. The average Bonchev–Trinajstić information content (AvgIpc) is 2.67. The van der Waals surface area contributed by atoms with Gasteiger partial charge in [0.15, 0.2) is 0 Å². The summed E-state index contributed by atoms with van der Waals surface area (Å²) in [6, 6.07) is 19.4. The van der Waals surface area contributed by atoms with E-state index in [0.29, 0.717) is 0 Å². The summed E-state index contributed by atoms with van der Waals surface area (Å²) in [5.41, 5.74) is 1.79. The van der Waals surface area contributed by atoms with E-state index in [9.17, 15) is 4.79 Å². The number of para-hydroxylation sites is 1. The first kappa shape index (κ1) is 20.3. The average molecular weight is 375 g/mol. The summed E-state index contributed by atoms with van der Waals surface area (Å²) in [7, 11) is 0. The van der Waals surface area contributed by atoms with Gasteiger partial charge in [-0.25, -0.2) is 4.79 Å². The molecule has 1 N–H and O–H groups in total. The SMILES string of the molecule is Cl.O=C(Nc1ccccc1)OC(CCN1CCCCC1)c1ccccc1. The monoisotopic (exact) mass is 374 g/mol. The largest absolute Gasteiger partial charge is 0.441 e. The first-order valence-electron chi connectivity index (χ1n) is 9.11. The molecule has 0 radical (unpaired) electrons. The Labute approximate surface area is 162 Å². The van der Waals surface area contributed by atoms with Crippen molar-refractivity contribution in [2.75, 3.05) is 25.0 Å². The molecular weight excluding hydrogens is 348 g/mol. The number of ether oxygens (including phenoxy) is 1. The number of nitrogens with zero attached hydrogens (tertiary/aromatic N) is 1. The maximum atomic E-state index is 12.3. The normalized spacial score (nSPS) is 15.5. The highest BCUT2D eigenvalue weighted by molar-refractivity contribution is 5.85. The highest BCUT2D eigenvalue weighted by Crippen LogP contribution is 2.23. The molecule has 0 bridgehead atoms. The molecule has 1 unspecified atom stereocenters. The van der Waals surface area contributed by atoms with Crippen LogP contribution in [0.1, 0.15) is 37.4 Å². The Kier molecular flexibility index (Phi) is 8.45. The van der Waals surface area contributed by atoms with E-state index in [2.05, 4.69) is 10.2 Å². The van der Waals surface area contributed by atoms with Crippen LogP contribution < -0.4 is 5.32 Å². The minimum Gasteiger partial charge on any atom is -0.441 e. The number of hydrogen-bond donors (Lipinski definition) is 1. The third kappa shape index (κ3) is 6.36. The van der Waals surface area contributed by atoms with Crippen LogP contribution in [-0.2, 0) is 4.74 Å². The molecule has 2 aromatic rings. The fourth-order valence-corrected chi connectivity index (χ4v) is 3.24. The Morgan fingerprint density at radius 1 is 0.962 bits per heavy atom. The van der Waals surface area contributed by atoms with Crippen LogP contribution in [0.4, 0.5) is 10.5 Å². The zero-order valence-corrected chi connectivity index (χ0v) is 15.8. The fourth-order valence-electron chi connectivity index (χ4n) is 3.24. The molecule has 1 fully saturated rings. The molecule has 1 aliphatic rings. The van der Waals surface area contributed by atoms with Crippen molar-refractivity contribution in [2.45, 2.75) is 31.8 Å². The third-order valence-electron chi connectivity index (χ3n) is 4.60. The summed E-state index contributed by atoms with van der Waals surface area (Å²) < 4.78 is 5.75. The molecule has 26 heavy (non-hydrogen) atoms. The lowest BCUT2D eigenvalue weighted by molar-refractivity contribution is 0.0928. The second-order valence-corrected chi connectivity index (χ2v) is 6.49. The molecule has 2 aromatic carbocycles. The molecule has 1 aliphatic heterocycles. The van der Waals surface area contributed by atoms with Crippen LogP contribution in [0.5, 0.6) is 0 Å². The number of benzene rings is 2. The van der Waals surface area contributed by atoms with Gasteiger partial charge in [0, 0.05) is 18.7 Å². The Bertz CT molecular complexity index is 646. The highest BCUT2D eigenvalue weighted by Gasteiger charge is 2.19. The molecule has 0 saturated carbocycles. The predicted octanol–water partition coefficient (Wildman–Crippen LogP) is 5.27. The van der Waals surface area contributed by atoms with Gasteiger partial charge in [0.25, 0.3) is 0 Å². The van der Waals surface area contributed by atoms with Gasteiger partial charge in [0.05, 0.1) is 0 Å². The standard InChI is InChI=1S/C21H26N2O2.ClH/c24-21(22-19-12-6-2-7-13-19)25-20(18-10-4-1-5-11-18)14-17-23-15-8-3-9-16-23;/h1-2,4-7,10-13,20H,3,8-9,14-17H2,(H,22,24);1H. The molecule has 4 nitrogen and oxygen atoms in total. The number of anilines is 1. The second-order valence-electron chi connectivity index (χ2n) is 6.49. The third-order valence-corrected chi connectivity index (χ3v) is 4.60. The van der Waals surface area contributed by atoms with Gasteiger partial charge >= 0.3 is 6.09 Å². The number of rotatable bonds is 6. The van der Waals surface area contributed by atoms with Crippen LogP contribution in [0, 0.1) is 0 Å². The number of likely N-dealkylation sites (tertiary alicyclic amines) is 1. The Morgan fingerprint density at radius 3 is 2.23 bits per heavy atom. The van der Waals surface area contributed by atoms with Crippen LogP contribution in [0.15, 0.2) is 60.7 Å². The van der Waals surface area contributed by atoms with E-state index in [1.807, 2.05) is 60.7 Å². The molecule has 1 atom stereocenters. The maximum absolute atomic E-state index is 12.3. The lowest BCUT2D eigenvalue weighted by Gasteiger charge is -2.28. The van der Waals surface area contributed by atoms with Crippen LogP contribution >= 0.6 is 12.4 Å². The van der Waals surface area contributed by atoms with Gasteiger partial charge in [-0.2, -0.15) is 0 Å². The van der Waals surface area contributed by atoms with Crippen molar-refractivity contribution in [2.24, 2.45) is 0 Å². The van der Waals surface area contributed by atoms with Crippen LogP contribution in [0.25, 0.3) is 0 Å². The Morgan fingerprint density at radius 2 is 1.58 bits per heavy atom. The molecular formula is C21H27ClN2O2. The van der Waals surface area contributed by atoms with Gasteiger partial charge in [0.1, 0.15) is 6.10 Å². The van der Waals surface area contributed by atoms with E-state index in [-0.39, 0.29) is 18.5 Å². The van der Waals surface area contributed by atoms with E-state index < -0.39 is 6.09 Å². The molecule has 5 heteroatoms. The van der Waals surface area contributed by atoms with Crippen molar-refractivity contribution in [3.63, 3.8) is 0 Å². The van der Waals surface area contributed by atoms with Crippen molar-refractivity contribution < 1.29 is 9.53 Å². The molecule has 1 saturated heterocycles. The summed E-state index contributed by atoms with van der Waals surface area (Å²) in [6.07, 6.45) is 4.04. The zero-order valence-electron chi connectivity index (χ0n) is 15.0. The van der Waals surface area contributed by atoms with E-state index in [1.165, 1.54) is 19.3 Å². The predicted molar refractivity (Wildman–Crippen MR) is 108 cm³/mol. The summed E-state index contributed by atoms with van der Waals surface area (Å²) in [5.74, 6) is 0. The number of amides is 1. The molecule has 0 aromatic heterocycles. The number of piperidine rings is 1. The van der Waals surface area contributed by atoms with Crippen molar-refractivity contribution in [1.82, 2.24) is 4.90 Å². The van der Waals surface area contributed by atoms with Crippen molar-refractivity contribution in [3.8, 4) is 0 Å². The Hall–Kier alpha value is -2.04. The van der Waals surface area contributed by atoms with Gasteiger partial charge in [-0.3, -0.25) is 5.32 Å². The number of hydrogen-bond acceptors (Lipinski definition) is 3. The van der Waals surface area contributed by atoms with Gasteiger partial charge in [-0.15, -0.1) is 12.4 Å². The molecule has 140 valence electrons.